The minimum absolute atomic E-state index is 0.0468. The number of ether oxygens (including phenoxy) is 3. The molecule has 2 heterocycles. The van der Waals surface area contributed by atoms with Crippen LogP contribution in [0.2, 0.25) is 0 Å². The van der Waals surface area contributed by atoms with E-state index in [1.165, 1.54) is 0 Å². The number of alkyl halides is 9. The van der Waals surface area contributed by atoms with Crippen molar-refractivity contribution < 1.29 is 63.1 Å². The van der Waals surface area contributed by atoms with Gasteiger partial charge in [0.2, 0.25) is 7.44 Å². The zero-order valence-electron chi connectivity index (χ0n) is 24.7. The number of benzene rings is 1. The van der Waals surface area contributed by atoms with Crippen molar-refractivity contribution >= 4 is 30.4 Å². The number of nitrogens with zero attached hydrogens (tertiary/aromatic N) is 4. The van der Waals surface area contributed by atoms with Crippen LogP contribution in [0, 0.1) is 0 Å². The molecular weight excluding hydrogens is 680 g/mol. The first kappa shape index (κ1) is 37.8. The van der Waals surface area contributed by atoms with Crippen molar-refractivity contribution in [2.75, 3.05) is 18.7 Å². The van der Waals surface area contributed by atoms with E-state index in [1.807, 2.05) is 0 Å². The van der Waals surface area contributed by atoms with Crippen LogP contribution in [-0.4, -0.2) is 68.8 Å². The first-order valence-electron chi connectivity index (χ1n) is 13.4. The van der Waals surface area contributed by atoms with Gasteiger partial charge >= 0.3 is 24.7 Å². The van der Waals surface area contributed by atoms with E-state index >= 15 is 0 Å². The highest BCUT2D eigenvalue weighted by atomic mass is 31.2. The quantitative estimate of drug-likeness (QED) is 0.109. The molecule has 3 atom stereocenters. The van der Waals surface area contributed by atoms with Gasteiger partial charge < -0.3 is 24.5 Å². The summed E-state index contributed by atoms with van der Waals surface area (Å²) in [5, 5.41) is 3.87. The molecule has 0 fully saturated rings. The molecule has 2 aromatic heterocycles. The average Bonchev–Trinajstić information content (AvgIpc) is 3.35. The molecule has 0 aliphatic carbocycles. The van der Waals surface area contributed by atoms with Crippen LogP contribution in [0.15, 0.2) is 36.9 Å². The average molecular weight is 710 g/mol. The molecule has 12 nitrogen and oxygen atoms in total. The minimum Gasteiger partial charge on any atom is -0.464 e. The molecule has 0 amide bonds. The number of nitrogens with one attached hydrogen (secondary N) is 2. The van der Waals surface area contributed by atoms with Crippen LogP contribution in [0.3, 0.4) is 0 Å². The minimum atomic E-state index is -5.32. The van der Waals surface area contributed by atoms with Crippen LogP contribution in [0.1, 0.15) is 38.8 Å². The molecule has 0 radical (unpaired) electrons. The van der Waals surface area contributed by atoms with Gasteiger partial charge in [-0.1, -0.05) is 19.1 Å². The molecule has 0 saturated heterocycles. The van der Waals surface area contributed by atoms with E-state index in [1.54, 1.807) is 12.0 Å². The fourth-order valence-electron chi connectivity index (χ4n) is 4.04. The SMILES string of the molecule is CCCOC(=O)C(C)(C)NP(=O)(CO[C@H](Cn1cnc2c(N)ncnc21)C(F)(F)F)N[C@H](c1ccc(OC(F)(F)F)cc1)C(F)(F)F. The van der Waals surface area contributed by atoms with Crippen molar-refractivity contribution in [2.24, 2.45) is 0 Å². The third-order valence-electron chi connectivity index (χ3n) is 6.13. The first-order chi connectivity index (χ1) is 21.5. The summed E-state index contributed by atoms with van der Waals surface area (Å²) in [4.78, 5) is 24.0. The predicted molar refractivity (Wildman–Crippen MR) is 147 cm³/mol. The second-order valence-corrected chi connectivity index (χ2v) is 12.7. The summed E-state index contributed by atoms with van der Waals surface area (Å²) in [5.74, 6) is -2.13. The number of imidazole rings is 1. The Morgan fingerprint density at radius 2 is 1.64 bits per heavy atom. The summed E-state index contributed by atoms with van der Waals surface area (Å²) in [6.07, 6.45) is -17.8. The number of carbonyl (C=O) groups excluding carboxylic acids is 1. The Kier molecular flexibility index (Phi) is 11.4. The van der Waals surface area contributed by atoms with E-state index in [0.29, 0.717) is 30.7 Å². The number of hydrogen-bond donors (Lipinski definition) is 3. The van der Waals surface area contributed by atoms with Crippen molar-refractivity contribution in [2.45, 2.75) is 70.1 Å². The molecule has 3 rings (SSSR count). The molecule has 0 spiro atoms. The van der Waals surface area contributed by atoms with E-state index in [2.05, 4.69) is 24.8 Å². The Labute approximate surface area is 260 Å². The lowest BCUT2D eigenvalue weighted by Crippen LogP contribution is -2.50. The molecule has 1 unspecified atom stereocenters. The summed E-state index contributed by atoms with van der Waals surface area (Å²) in [6, 6.07) is -0.693. The van der Waals surface area contributed by atoms with Crippen LogP contribution in [0.25, 0.3) is 11.2 Å². The number of aromatic nitrogens is 4. The number of esters is 1. The second-order valence-electron chi connectivity index (χ2n) is 10.5. The van der Waals surface area contributed by atoms with E-state index < -0.39 is 74.0 Å². The highest BCUT2D eigenvalue weighted by Crippen LogP contribution is 2.47. The molecule has 0 aliphatic rings. The van der Waals surface area contributed by atoms with Gasteiger partial charge in [-0.2, -0.15) is 26.3 Å². The third-order valence-corrected chi connectivity index (χ3v) is 8.24. The van der Waals surface area contributed by atoms with Crippen molar-refractivity contribution in [3.05, 3.63) is 42.5 Å². The Hall–Kier alpha value is -3.68. The number of halogens is 9. The Bertz CT molecular complexity index is 1560. The first-order valence-corrected chi connectivity index (χ1v) is 15.3. The van der Waals surface area contributed by atoms with Crippen LogP contribution in [0.4, 0.5) is 45.3 Å². The fraction of sp³-hybridized carbons (Fsp3) is 0.520. The molecule has 0 bridgehead atoms. The van der Waals surface area contributed by atoms with Gasteiger partial charge in [0.1, 0.15) is 35.5 Å². The maximum absolute atomic E-state index is 14.3. The number of carbonyl (C=O) groups is 1. The Morgan fingerprint density at radius 1 is 1.00 bits per heavy atom. The summed E-state index contributed by atoms with van der Waals surface area (Å²) < 4.78 is 152. The van der Waals surface area contributed by atoms with Gasteiger partial charge in [0.05, 0.1) is 19.5 Å². The van der Waals surface area contributed by atoms with E-state index in [0.717, 1.165) is 31.1 Å². The number of nitrogen functional groups attached to an aromatic ring is 1. The number of hydrogen-bond acceptors (Lipinski definition) is 9. The highest BCUT2D eigenvalue weighted by molar-refractivity contribution is 7.59. The number of anilines is 1. The van der Waals surface area contributed by atoms with Gasteiger partial charge in [-0.25, -0.2) is 25.1 Å². The fourth-order valence-corrected chi connectivity index (χ4v) is 6.34. The summed E-state index contributed by atoms with van der Waals surface area (Å²) >= 11 is 0. The van der Waals surface area contributed by atoms with Crippen LogP contribution < -0.4 is 20.6 Å². The number of fused-ring (bicyclic) bond motifs is 1. The summed E-state index contributed by atoms with van der Waals surface area (Å²) in [7, 11) is -5.08. The Balaban J connectivity index is 1.99. The van der Waals surface area contributed by atoms with Gasteiger partial charge in [0.15, 0.2) is 17.6 Å². The lowest BCUT2D eigenvalue weighted by molar-refractivity contribution is -0.274. The van der Waals surface area contributed by atoms with Crippen molar-refractivity contribution in [1.82, 2.24) is 29.7 Å². The lowest BCUT2D eigenvalue weighted by atomic mass is 10.1. The van der Waals surface area contributed by atoms with Gasteiger partial charge in [0.25, 0.3) is 0 Å². The molecular formula is C25H29F9N7O5P. The van der Waals surface area contributed by atoms with Gasteiger partial charge in [-0.3, -0.25) is 9.36 Å². The van der Waals surface area contributed by atoms with E-state index in [9.17, 15) is 48.9 Å². The maximum atomic E-state index is 14.3. The normalized spacial score (nSPS) is 15.7. The zero-order chi connectivity index (χ0) is 35.4. The number of nitrogens with two attached hydrogens (primary N) is 1. The molecule has 1 aromatic carbocycles. The second kappa shape index (κ2) is 14.2. The van der Waals surface area contributed by atoms with E-state index in [4.69, 9.17) is 15.2 Å². The standard InChI is InChI=1S/C25H29F9N7O5P/c1-4-9-44-21(42)22(2,3)40-47(43,39-18(24(29,30)31)14-5-7-15(8-6-14)46-25(32,33)34)13-45-16(23(26,27)28)10-41-12-38-17-19(35)36-11-37-20(17)41/h5-8,11-12,16,18H,4,9-10,13H2,1-3H3,(H2,35,36,37)(H2,39,40,43)/t16-,18-,47?/m1/s1. The molecule has 47 heavy (non-hydrogen) atoms. The topological polar surface area (TPSA) is 156 Å². The lowest BCUT2D eigenvalue weighted by Gasteiger charge is -2.34. The monoisotopic (exact) mass is 709 g/mol. The largest absolute Gasteiger partial charge is 0.573 e. The molecule has 0 aliphatic heterocycles. The van der Waals surface area contributed by atoms with Gasteiger partial charge in [-0.15, -0.1) is 13.2 Å². The molecule has 262 valence electrons. The van der Waals surface area contributed by atoms with Crippen molar-refractivity contribution in [1.29, 1.82) is 0 Å². The molecule has 22 heteroatoms. The molecule has 0 saturated carbocycles. The van der Waals surface area contributed by atoms with Crippen LogP contribution in [0.5, 0.6) is 5.75 Å². The van der Waals surface area contributed by atoms with Crippen LogP contribution >= 0.6 is 7.44 Å². The highest BCUT2D eigenvalue weighted by Gasteiger charge is 2.49. The third kappa shape index (κ3) is 10.4. The summed E-state index contributed by atoms with van der Waals surface area (Å²) in [6.45, 7) is 2.55. The van der Waals surface area contributed by atoms with Crippen LogP contribution in [-0.2, 0) is 25.4 Å². The predicted octanol–water partition coefficient (Wildman–Crippen LogP) is 5.62. The summed E-state index contributed by atoms with van der Waals surface area (Å²) in [5.41, 5.74) is 2.63. The smallest absolute Gasteiger partial charge is 0.464 e. The van der Waals surface area contributed by atoms with Gasteiger partial charge in [0, 0.05) is 0 Å². The maximum Gasteiger partial charge on any atom is 0.573 e. The molecule has 4 N–H and O–H groups in total. The Morgan fingerprint density at radius 3 is 2.19 bits per heavy atom. The number of rotatable bonds is 14. The zero-order valence-corrected chi connectivity index (χ0v) is 25.6. The van der Waals surface area contributed by atoms with Gasteiger partial charge in [-0.05, 0) is 38.0 Å². The molecule has 3 aromatic rings. The van der Waals surface area contributed by atoms with Crippen molar-refractivity contribution in [3.8, 4) is 5.75 Å². The van der Waals surface area contributed by atoms with Crippen molar-refractivity contribution in [3.63, 3.8) is 0 Å². The van der Waals surface area contributed by atoms with E-state index in [-0.39, 0.29) is 23.6 Å².